The lowest BCUT2D eigenvalue weighted by Crippen LogP contribution is -2.30. The van der Waals surface area contributed by atoms with Crippen LogP contribution in [-0.4, -0.2) is 27.7 Å². The van der Waals surface area contributed by atoms with Crippen LogP contribution in [0, 0.1) is 0 Å². The van der Waals surface area contributed by atoms with E-state index in [1.54, 1.807) is 24.3 Å². The van der Waals surface area contributed by atoms with Crippen LogP contribution in [0.5, 0.6) is 0 Å². The molecule has 0 atom stereocenters. The van der Waals surface area contributed by atoms with Gasteiger partial charge in [-0.15, -0.1) is 0 Å². The van der Waals surface area contributed by atoms with Gasteiger partial charge in [0, 0.05) is 17.3 Å². The van der Waals surface area contributed by atoms with E-state index in [1.165, 1.54) is 19.3 Å². The molecule has 2 N–H and O–H groups in total. The second kappa shape index (κ2) is 6.80. The normalized spacial score (nSPS) is 10.4. The molecule has 2 aromatic rings. The number of Topliss-reactive ketones (excluding diaryl/α,β-unsaturated/α-hetero) is 1. The Labute approximate surface area is 129 Å². The second-order valence-electron chi connectivity index (χ2n) is 5.17. The molecule has 0 spiro atoms. The molecule has 0 fully saturated rings. The SMILES string of the molecule is CC(=O)c1ccc(Nc2cnc(C(=O)NC(C)C)cn2)cc1. The lowest BCUT2D eigenvalue weighted by atomic mass is 10.1. The number of rotatable bonds is 5. The first-order valence-electron chi connectivity index (χ1n) is 6.96. The largest absolute Gasteiger partial charge is 0.348 e. The minimum Gasteiger partial charge on any atom is -0.348 e. The first-order valence-corrected chi connectivity index (χ1v) is 6.96. The van der Waals surface area contributed by atoms with Gasteiger partial charge in [0.25, 0.3) is 5.91 Å². The Hall–Kier alpha value is -2.76. The Bertz CT molecular complexity index is 664. The summed E-state index contributed by atoms with van der Waals surface area (Å²) in [6.45, 7) is 5.28. The Morgan fingerprint density at radius 2 is 1.73 bits per heavy atom. The number of nitrogens with zero attached hydrogens (tertiary/aromatic N) is 2. The lowest BCUT2D eigenvalue weighted by molar-refractivity contribution is 0.0937. The summed E-state index contributed by atoms with van der Waals surface area (Å²) in [5.41, 5.74) is 1.71. The number of amides is 1. The van der Waals surface area contributed by atoms with E-state index >= 15 is 0 Å². The number of benzene rings is 1. The molecule has 1 aromatic heterocycles. The molecule has 6 heteroatoms. The standard InChI is InChI=1S/C16H18N4O2/c1-10(2)19-16(22)14-8-18-15(9-17-14)20-13-6-4-12(5-7-13)11(3)21/h4-10H,1-3H3,(H,18,20)(H,19,22). The maximum Gasteiger partial charge on any atom is 0.271 e. The first kappa shape index (κ1) is 15.6. The van der Waals surface area contributed by atoms with Gasteiger partial charge in [0.15, 0.2) is 5.78 Å². The van der Waals surface area contributed by atoms with Crippen LogP contribution in [0.1, 0.15) is 41.6 Å². The molecule has 0 radical (unpaired) electrons. The Kier molecular flexibility index (Phi) is 4.83. The van der Waals surface area contributed by atoms with Crippen LogP contribution in [0.3, 0.4) is 0 Å². The molecule has 0 aliphatic rings. The fraction of sp³-hybridized carbons (Fsp3) is 0.250. The zero-order valence-corrected chi connectivity index (χ0v) is 12.8. The van der Waals surface area contributed by atoms with Gasteiger partial charge in [-0.3, -0.25) is 9.59 Å². The molecule has 0 saturated heterocycles. The quantitative estimate of drug-likeness (QED) is 0.829. The van der Waals surface area contributed by atoms with Gasteiger partial charge in [-0.25, -0.2) is 9.97 Å². The van der Waals surface area contributed by atoms with Gasteiger partial charge in [0.05, 0.1) is 12.4 Å². The molecule has 22 heavy (non-hydrogen) atoms. The van der Waals surface area contributed by atoms with Crippen LogP contribution in [0.4, 0.5) is 11.5 Å². The monoisotopic (exact) mass is 298 g/mol. The molecule has 0 aliphatic heterocycles. The summed E-state index contributed by atoms with van der Waals surface area (Å²) in [5, 5.41) is 5.81. The van der Waals surface area contributed by atoms with Crippen LogP contribution in [0.2, 0.25) is 0 Å². The second-order valence-corrected chi connectivity index (χ2v) is 5.17. The van der Waals surface area contributed by atoms with Crippen molar-refractivity contribution in [2.75, 3.05) is 5.32 Å². The van der Waals surface area contributed by atoms with Gasteiger partial charge < -0.3 is 10.6 Å². The molecule has 1 amide bonds. The van der Waals surface area contributed by atoms with Gasteiger partial charge in [-0.2, -0.15) is 0 Å². The number of anilines is 2. The third-order valence-electron chi connectivity index (χ3n) is 2.87. The molecule has 0 bridgehead atoms. The third-order valence-corrected chi connectivity index (χ3v) is 2.87. The van der Waals surface area contributed by atoms with E-state index in [-0.39, 0.29) is 23.4 Å². The Balaban J connectivity index is 2.04. The van der Waals surface area contributed by atoms with Crippen LogP contribution < -0.4 is 10.6 Å². The molecule has 0 aliphatic carbocycles. The van der Waals surface area contributed by atoms with E-state index in [1.807, 2.05) is 13.8 Å². The highest BCUT2D eigenvalue weighted by molar-refractivity contribution is 5.94. The van der Waals surface area contributed by atoms with Gasteiger partial charge in [-0.05, 0) is 45.0 Å². The fourth-order valence-corrected chi connectivity index (χ4v) is 1.78. The van der Waals surface area contributed by atoms with Crippen LogP contribution in [-0.2, 0) is 0 Å². The Morgan fingerprint density at radius 1 is 1.05 bits per heavy atom. The summed E-state index contributed by atoms with van der Waals surface area (Å²) in [5.74, 6) is 0.295. The average molecular weight is 298 g/mol. The number of carbonyl (C=O) groups excluding carboxylic acids is 2. The minimum atomic E-state index is -0.250. The smallest absolute Gasteiger partial charge is 0.271 e. The molecule has 1 aromatic carbocycles. The first-order chi connectivity index (χ1) is 10.5. The van der Waals surface area contributed by atoms with Crippen LogP contribution in [0.25, 0.3) is 0 Å². The van der Waals surface area contributed by atoms with Crippen molar-refractivity contribution in [2.45, 2.75) is 26.8 Å². The molecule has 2 rings (SSSR count). The zero-order valence-electron chi connectivity index (χ0n) is 12.8. The predicted octanol–water partition coefficient (Wildman–Crippen LogP) is 2.56. The van der Waals surface area contributed by atoms with E-state index < -0.39 is 0 Å². The number of hydrogen-bond donors (Lipinski definition) is 2. The highest BCUT2D eigenvalue weighted by Gasteiger charge is 2.09. The summed E-state index contributed by atoms with van der Waals surface area (Å²) >= 11 is 0. The summed E-state index contributed by atoms with van der Waals surface area (Å²) in [4.78, 5) is 31.2. The fourth-order valence-electron chi connectivity index (χ4n) is 1.78. The maximum atomic E-state index is 11.8. The predicted molar refractivity (Wildman–Crippen MR) is 84.4 cm³/mol. The number of carbonyl (C=O) groups is 2. The van der Waals surface area contributed by atoms with Crippen molar-refractivity contribution in [3.8, 4) is 0 Å². The van der Waals surface area contributed by atoms with E-state index in [9.17, 15) is 9.59 Å². The van der Waals surface area contributed by atoms with Gasteiger partial charge in [0.1, 0.15) is 11.5 Å². The third kappa shape index (κ3) is 4.12. The number of nitrogens with one attached hydrogen (secondary N) is 2. The summed E-state index contributed by atoms with van der Waals surface area (Å²) < 4.78 is 0. The molecule has 0 unspecified atom stereocenters. The van der Waals surface area contributed by atoms with Crippen molar-refractivity contribution < 1.29 is 9.59 Å². The van der Waals surface area contributed by atoms with Gasteiger partial charge in [0.2, 0.25) is 0 Å². The topological polar surface area (TPSA) is 84.0 Å². The summed E-state index contributed by atoms with van der Waals surface area (Å²) in [7, 11) is 0. The number of aromatic nitrogens is 2. The Morgan fingerprint density at radius 3 is 2.23 bits per heavy atom. The van der Waals surface area contributed by atoms with Crippen molar-refractivity contribution in [2.24, 2.45) is 0 Å². The molecule has 1 heterocycles. The van der Waals surface area contributed by atoms with Crippen LogP contribution in [0.15, 0.2) is 36.7 Å². The summed E-state index contributed by atoms with van der Waals surface area (Å²) in [6.07, 6.45) is 2.91. The molecular formula is C16H18N4O2. The zero-order chi connectivity index (χ0) is 16.1. The molecule has 0 saturated carbocycles. The van der Waals surface area contributed by atoms with Gasteiger partial charge >= 0.3 is 0 Å². The van der Waals surface area contributed by atoms with Crippen molar-refractivity contribution >= 4 is 23.2 Å². The van der Waals surface area contributed by atoms with Crippen molar-refractivity contribution in [3.05, 3.63) is 47.9 Å². The van der Waals surface area contributed by atoms with E-state index in [4.69, 9.17) is 0 Å². The van der Waals surface area contributed by atoms with Gasteiger partial charge in [-0.1, -0.05) is 0 Å². The number of ketones is 1. The van der Waals surface area contributed by atoms with E-state index in [0.717, 1.165) is 5.69 Å². The van der Waals surface area contributed by atoms with E-state index in [2.05, 4.69) is 20.6 Å². The van der Waals surface area contributed by atoms with E-state index in [0.29, 0.717) is 11.4 Å². The van der Waals surface area contributed by atoms with Crippen LogP contribution >= 0.6 is 0 Å². The molecular weight excluding hydrogens is 280 g/mol. The highest BCUT2D eigenvalue weighted by atomic mass is 16.2. The summed E-state index contributed by atoms with van der Waals surface area (Å²) in [6, 6.07) is 7.10. The highest BCUT2D eigenvalue weighted by Crippen LogP contribution is 2.15. The molecule has 114 valence electrons. The lowest BCUT2D eigenvalue weighted by Gasteiger charge is -2.08. The maximum absolute atomic E-state index is 11.8. The average Bonchev–Trinajstić information content (AvgIpc) is 2.48. The van der Waals surface area contributed by atoms with Crippen molar-refractivity contribution in [1.29, 1.82) is 0 Å². The van der Waals surface area contributed by atoms with Crippen molar-refractivity contribution in [1.82, 2.24) is 15.3 Å². The number of hydrogen-bond acceptors (Lipinski definition) is 5. The molecule has 6 nitrogen and oxygen atoms in total. The minimum absolute atomic E-state index is 0.0202. The van der Waals surface area contributed by atoms with Crippen molar-refractivity contribution in [3.63, 3.8) is 0 Å².